The van der Waals surface area contributed by atoms with Crippen LogP contribution in [0.25, 0.3) is 6.08 Å². The van der Waals surface area contributed by atoms with Crippen molar-refractivity contribution in [1.82, 2.24) is 5.32 Å². The predicted molar refractivity (Wildman–Crippen MR) is 126 cm³/mol. The van der Waals surface area contributed by atoms with Crippen LogP contribution in [0.5, 0.6) is 5.75 Å². The third kappa shape index (κ3) is 4.75. The fraction of sp³-hybridized carbons (Fsp3) is 0.0400. The van der Waals surface area contributed by atoms with Gasteiger partial charge in [0.1, 0.15) is 11.3 Å². The van der Waals surface area contributed by atoms with Crippen LogP contribution in [0.15, 0.2) is 82.8 Å². The van der Waals surface area contributed by atoms with Gasteiger partial charge in [-0.15, -0.1) is 0 Å². The SMILES string of the molecule is Cc1ccc(N2C(=O)NC(=O)/C(=C/c3ccccc3OC(=O)c3ccc(Br)cc3)C2=O)cc1. The van der Waals surface area contributed by atoms with Gasteiger partial charge in [-0.3, -0.25) is 14.9 Å². The fourth-order valence-corrected chi connectivity index (χ4v) is 3.44. The van der Waals surface area contributed by atoms with E-state index in [1.54, 1.807) is 72.8 Å². The van der Waals surface area contributed by atoms with E-state index in [0.717, 1.165) is 14.9 Å². The molecule has 7 nitrogen and oxygen atoms in total. The molecule has 1 saturated heterocycles. The third-order valence-electron chi connectivity index (χ3n) is 4.90. The Morgan fingerprint density at radius 2 is 1.61 bits per heavy atom. The highest BCUT2D eigenvalue weighted by molar-refractivity contribution is 9.10. The highest BCUT2D eigenvalue weighted by atomic mass is 79.9. The molecular formula is C25H17BrN2O5. The van der Waals surface area contributed by atoms with Crippen LogP contribution >= 0.6 is 15.9 Å². The highest BCUT2D eigenvalue weighted by Gasteiger charge is 2.37. The summed E-state index contributed by atoms with van der Waals surface area (Å²) in [7, 11) is 0. The van der Waals surface area contributed by atoms with E-state index in [0.29, 0.717) is 16.8 Å². The Morgan fingerprint density at radius 1 is 0.939 bits per heavy atom. The number of barbiturate groups is 1. The number of hydrogen-bond donors (Lipinski definition) is 1. The van der Waals surface area contributed by atoms with Crippen LogP contribution in [0.2, 0.25) is 0 Å². The lowest BCUT2D eigenvalue weighted by Gasteiger charge is -2.26. The lowest BCUT2D eigenvalue weighted by molar-refractivity contribution is -0.122. The van der Waals surface area contributed by atoms with Crippen molar-refractivity contribution < 1.29 is 23.9 Å². The molecule has 0 bridgehead atoms. The van der Waals surface area contributed by atoms with Gasteiger partial charge >= 0.3 is 12.0 Å². The van der Waals surface area contributed by atoms with Crippen LogP contribution in [0.3, 0.4) is 0 Å². The van der Waals surface area contributed by atoms with E-state index in [-0.39, 0.29) is 11.3 Å². The molecule has 1 N–H and O–H groups in total. The molecule has 33 heavy (non-hydrogen) atoms. The maximum atomic E-state index is 13.1. The van der Waals surface area contributed by atoms with Crippen molar-refractivity contribution in [2.45, 2.75) is 6.92 Å². The number of imide groups is 2. The second-order valence-electron chi connectivity index (χ2n) is 7.23. The molecule has 3 aromatic carbocycles. The van der Waals surface area contributed by atoms with Gasteiger partial charge in [-0.2, -0.15) is 0 Å². The van der Waals surface area contributed by atoms with Crippen molar-refractivity contribution in [2.24, 2.45) is 0 Å². The van der Waals surface area contributed by atoms with E-state index >= 15 is 0 Å². The molecule has 8 heteroatoms. The largest absolute Gasteiger partial charge is 0.422 e. The summed E-state index contributed by atoms with van der Waals surface area (Å²) in [6, 6.07) is 19.1. The number of benzene rings is 3. The number of urea groups is 1. The van der Waals surface area contributed by atoms with E-state index in [1.807, 2.05) is 6.92 Å². The van der Waals surface area contributed by atoms with Crippen molar-refractivity contribution in [3.63, 3.8) is 0 Å². The van der Waals surface area contributed by atoms with Crippen LogP contribution in [-0.4, -0.2) is 23.8 Å². The molecule has 0 aliphatic carbocycles. The lowest BCUT2D eigenvalue weighted by atomic mass is 10.1. The lowest BCUT2D eigenvalue weighted by Crippen LogP contribution is -2.54. The average Bonchev–Trinajstić information content (AvgIpc) is 2.79. The Bertz CT molecular complexity index is 1300. The first kappa shape index (κ1) is 22.2. The van der Waals surface area contributed by atoms with Gasteiger partial charge in [0, 0.05) is 10.0 Å². The first-order valence-corrected chi connectivity index (χ1v) is 10.7. The smallest absolute Gasteiger partial charge is 0.343 e. The average molecular weight is 505 g/mol. The van der Waals surface area contributed by atoms with Gasteiger partial charge < -0.3 is 4.74 Å². The van der Waals surface area contributed by atoms with Gasteiger partial charge in [0.15, 0.2) is 0 Å². The van der Waals surface area contributed by atoms with Crippen molar-refractivity contribution in [3.8, 4) is 5.75 Å². The number of rotatable bonds is 4. The van der Waals surface area contributed by atoms with Crippen molar-refractivity contribution >= 4 is 51.5 Å². The van der Waals surface area contributed by atoms with E-state index in [2.05, 4.69) is 21.2 Å². The summed E-state index contributed by atoms with van der Waals surface area (Å²) >= 11 is 3.31. The minimum absolute atomic E-state index is 0.164. The summed E-state index contributed by atoms with van der Waals surface area (Å²) in [6.07, 6.45) is 1.30. The Kier molecular flexibility index (Phi) is 6.19. The zero-order valence-electron chi connectivity index (χ0n) is 17.4. The van der Waals surface area contributed by atoms with Crippen molar-refractivity contribution in [1.29, 1.82) is 0 Å². The zero-order chi connectivity index (χ0) is 23.5. The number of para-hydroxylation sites is 1. The number of nitrogens with one attached hydrogen (secondary N) is 1. The van der Waals surface area contributed by atoms with Crippen LogP contribution in [0.1, 0.15) is 21.5 Å². The quantitative estimate of drug-likeness (QED) is 0.241. The molecule has 164 valence electrons. The molecule has 4 rings (SSSR count). The zero-order valence-corrected chi connectivity index (χ0v) is 19.0. The van der Waals surface area contributed by atoms with E-state index in [4.69, 9.17) is 4.74 Å². The Hall–Kier alpha value is -4.04. The molecule has 0 radical (unpaired) electrons. The summed E-state index contributed by atoms with van der Waals surface area (Å²) in [5.74, 6) is -2.04. The van der Waals surface area contributed by atoms with Crippen LogP contribution in [0, 0.1) is 6.92 Å². The standard InChI is InChI=1S/C25H17BrN2O5/c1-15-6-12-19(13-7-15)28-23(30)20(22(29)27-25(28)32)14-17-4-2-3-5-21(17)33-24(31)16-8-10-18(26)11-9-16/h2-14H,1H3,(H,27,29,32)/b20-14-. The van der Waals surface area contributed by atoms with Crippen LogP contribution < -0.4 is 15.0 Å². The molecule has 0 saturated carbocycles. The Balaban J connectivity index is 1.66. The molecule has 0 spiro atoms. The van der Waals surface area contributed by atoms with Crippen molar-refractivity contribution in [2.75, 3.05) is 4.90 Å². The number of anilines is 1. The number of hydrogen-bond acceptors (Lipinski definition) is 5. The Labute approximate surface area is 197 Å². The summed E-state index contributed by atoms with van der Waals surface area (Å²) < 4.78 is 6.33. The number of carbonyl (C=O) groups excluding carboxylic acids is 4. The van der Waals surface area contributed by atoms with E-state index in [1.165, 1.54) is 6.08 Å². The maximum Gasteiger partial charge on any atom is 0.343 e. The fourth-order valence-electron chi connectivity index (χ4n) is 3.18. The van der Waals surface area contributed by atoms with E-state index < -0.39 is 23.8 Å². The normalized spacial score (nSPS) is 14.9. The molecule has 0 atom stereocenters. The van der Waals surface area contributed by atoms with Crippen LogP contribution in [0.4, 0.5) is 10.5 Å². The molecule has 0 aromatic heterocycles. The number of halogens is 1. The molecule has 1 aliphatic heterocycles. The highest BCUT2D eigenvalue weighted by Crippen LogP contribution is 2.26. The van der Waals surface area contributed by atoms with Crippen LogP contribution in [-0.2, 0) is 9.59 Å². The van der Waals surface area contributed by atoms with Gasteiger partial charge in [0.05, 0.1) is 11.3 Å². The van der Waals surface area contributed by atoms with Gasteiger partial charge in [-0.1, -0.05) is 51.8 Å². The second-order valence-corrected chi connectivity index (χ2v) is 8.14. The molecule has 4 amide bonds. The summed E-state index contributed by atoms with van der Waals surface area (Å²) in [5.41, 5.74) is 1.69. The number of ether oxygens (including phenoxy) is 1. The van der Waals surface area contributed by atoms with Gasteiger partial charge in [-0.05, 0) is 55.5 Å². The predicted octanol–water partition coefficient (Wildman–Crippen LogP) is 4.64. The summed E-state index contributed by atoms with van der Waals surface area (Å²) in [6.45, 7) is 1.88. The molecular weight excluding hydrogens is 488 g/mol. The number of esters is 1. The summed E-state index contributed by atoms with van der Waals surface area (Å²) in [4.78, 5) is 51.4. The Morgan fingerprint density at radius 3 is 2.30 bits per heavy atom. The summed E-state index contributed by atoms with van der Waals surface area (Å²) in [5, 5.41) is 2.18. The number of aryl methyl sites for hydroxylation is 1. The third-order valence-corrected chi connectivity index (χ3v) is 5.42. The van der Waals surface area contributed by atoms with Gasteiger partial charge in [-0.25, -0.2) is 14.5 Å². The number of carbonyl (C=O) groups is 4. The molecule has 1 fully saturated rings. The van der Waals surface area contributed by atoms with E-state index in [9.17, 15) is 19.2 Å². The first-order chi connectivity index (χ1) is 15.8. The molecule has 1 heterocycles. The van der Waals surface area contributed by atoms with Gasteiger partial charge in [0.2, 0.25) is 0 Å². The minimum atomic E-state index is -0.832. The van der Waals surface area contributed by atoms with Gasteiger partial charge in [0.25, 0.3) is 11.8 Å². The monoisotopic (exact) mass is 504 g/mol. The number of nitrogens with zero attached hydrogens (tertiary/aromatic N) is 1. The first-order valence-electron chi connectivity index (χ1n) is 9.88. The maximum absolute atomic E-state index is 13.1. The topological polar surface area (TPSA) is 92.8 Å². The number of amides is 4. The minimum Gasteiger partial charge on any atom is -0.422 e. The van der Waals surface area contributed by atoms with Crippen molar-refractivity contribution in [3.05, 3.63) is 99.5 Å². The second kappa shape index (κ2) is 9.22. The molecule has 3 aromatic rings. The molecule has 0 unspecified atom stereocenters. The molecule has 1 aliphatic rings.